The molecular weight excluding hydrogens is 332 g/mol. The fraction of sp³-hybridized carbons (Fsp3) is 0.286. The molecule has 0 bridgehead atoms. The van der Waals surface area contributed by atoms with Gasteiger partial charge in [-0.1, -0.05) is 48.0 Å². The maximum absolute atomic E-state index is 12.7. The fourth-order valence-electron chi connectivity index (χ4n) is 2.29. The first-order valence-electron chi connectivity index (χ1n) is 8.27. The van der Waals surface area contributed by atoms with Gasteiger partial charge in [0.2, 0.25) is 0 Å². The van der Waals surface area contributed by atoms with E-state index < -0.39 is 24.1 Å². The third-order valence-electron chi connectivity index (χ3n) is 3.45. The second-order valence-corrected chi connectivity index (χ2v) is 6.90. The number of benzene rings is 2. The Morgan fingerprint density at radius 3 is 2.04 bits per heavy atom. The molecule has 0 fully saturated rings. The molecule has 0 aromatic heterocycles. The van der Waals surface area contributed by atoms with Crippen LogP contribution in [0, 0.1) is 6.92 Å². The molecule has 136 valence electrons. The quantitative estimate of drug-likeness (QED) is 0.604. The smallest absolute Gasteiger partial charge is 0.344 e. The molecule has 0 aliphatic carbocycles. The van der Waals surface area contributed by atoms with Crippen molar-refractivity contribution in [2.24, 2.45) is 0 Å². The number of aryl methyl sites for hydroxylation is 1. The van der Waals surface area contributed by atoms with E-state index >= 15 is 0 Å². The van der Waals surface area contributed by atoms with Crippen molar-refractivity contribution in [3.63, 3.8) is 0 Å². The summed E-state index contributed by atoms with van der Waals surface area (Å²) >= 11 is 0. The van der Waals surface area contributed by atoms with Crippen LogP contribution in [0.1, 0.15) is 52.6 Å². The fourth-order valence-corrected chi connectivity index (χ4v) is 2.29. The second-order valence-electron chi connectivity index (χ2n) is 6.90. The number of rotatable bonds is 5. The molecule has 0 saturated heterocycles. The minimum Gasteiger partial charge on any atom is -0.457 e. The van der Waals surface area contributed by atoms with E-state index in [1.54, 1.807) is 51.1 Å². The van der Waals surface area contributed by atoms with Crippen molar-refractivity contribution in [2.75, 3.05) is 6.61 Å². The van der Waals surface area contributed by atoms with Crippen molar-refractivity contribution in [1.29, 1.82) is 0 Å². The molecule has 0 saturated carbocycles. The molecule has 0 amide bonds. The SMILES string of the molecule is Cc1ccc(C(=O)c2ccccc2C(=O)OCC(=O)OC(C)(C)C)cc1. The summed E-state index contributed by atoms with van der Waals surface area (Å²) in [5, 5.41) is 0. The lowest BCUT2D eigenvalue weighted by Crippen LogP contribution is -2.27. The Morgan fingerprint density at radius 1 is 0.885 bits per heavy atom. The summed E-state index contributed by atoms with van der Waals surface area (Å²) in [6.45, 7) is 6.59. The minimum atomic E-state index is -0.744. The van der Waals surface area contributed by atoms with Crippen LogP contribution in [0.25, 0.3) is 0 Å². The number of hydrogen-bond acceptors (Lipinski definition) is 5. The van der Waals surface area contributed by atoms with E-state index in [1.807, 2.05) is 19.1 Å². The Bertz CT molecular complexity index is 813. The van der Waals surface area contributed by atoms with E-state index in [4.69, 9.17) is 9.47 Å². The van der Waals surface area contributed by atoms with Crippen molar-refractivity contribution >= 4 is 17.7 Å². The van der Waals surface area contributed by atoms with Gasteiger partial charge in [-0.25, -0.2) is 9.59 Å². The highest BCUT2D eigenvalue weighted by Gasteiger charge is 2.21. The van der Waals surface area contributed by atoms with E-state index in [0.717, 1.165) is 5.56 Å². The van der Waals surface area contributed by atoms with Gasteiger partial charge in [0.05, 0.1) is 5.56 Å². The third-order valence-corrected chi connectivity index (χ3v) is 3.45. The van der Waals surface area contributed by atoms with Crippen molar-refractivity contribution in [2.45, 2.75) is 33.3 Å². The van der Waals surface area contributed by atoms with Crippen LogP contribution >= 0.6 is 0 Å². The zero-order valence-corrected chi connectivity index (χ0v) is 15.4. The maximum Gasteiger partial charge on any atom is 0.344 e. The molecule has 5 nitrogen and oxygen atoms in total. The van der Waals surface area contributed by atoms with Crippen LogP contribution in [0.2, 0.25) is 0 Å². The van der Waals surface area contributed by atoms with Crippen LogP contribution in [0.4, 0.5) is 0 Å². The van der Waals surface area contributed by atoms with Gasteiger partial charge in [-0.15, -0.1) is 0 Å². The van der Waals surface area contributed by atoms with Crippen LogP contribution in [0.15, 0.2) is 48.5 Å². The Balaban J connectivity index is 2.15. The van der Waals surface area contributed by atoms with Gasteiger partial charge in [0, 0.05) is 11.1 Å². The summed E-state index contributed by atoms with van der Waals surface area (Å²) in [6.07, 6.45) is 0. The molecule has 0 aliphatic heterocycles. The van der Waals surface area contributed by atoms with Gasteiger partial charge in [0.1, 0.15) is 5.60 Å². The number of carbonyl (C=O) groups is 3. The molecule has 2 rings (SSSR count). The minimum absolute atomic E-state index is 0.113. The highest BCUT2D eigenvalue weighted by atomic mass is 16.6. The first-order chi connectivity index (χ1) is 12.2. The summed E-state index contributed by atoms with van der Waals surface area (Å²) < 4.78 is 10.1. The molecule has 0 radical (unpaired) electrons. The van der Waals surface area contributed by atoms with Gasteiger partial charge in [0.25, 0.3) is 0 Å². The van der Waals surface area contributed by atoms with E-state index in [1.165, 1.54) is 6.07 Å². The van der Waals surface area contributed by atoms with Crippen LogP contribution in [0.3, 0.4) is 0 Å². The molecular formula is C21H22O5. The van der Waals surface area contributed by atoms with Gasteiger partial charge in [0.15, 0.2) is 12.4 Å². The number of ether oxygens (including phenoxy) is 2. The predicted octanol–water partition coefficient (Wildman–Crippen LogP) is 3.72. The predicted molar refractivity (Wildman–Crippen MR) is 97.2 cm³/mol. The highest BCUT2D eigenvalue weighted by Crippen LogP contribution is 2.17. The lowest BCUT2D eigenvalue weighted by atomic mass is 9.98. The molecule has 2 aromatic carbocycles. The first-order valence-corrected chi connectivity index (χ1v) is 8.27. The van der Waals surface area contributed by atoms with Gasteiger partial charge in [-0.3, -0.25) is 4.79 Å². The zero-order chi connectivity index (χ0) is 19.3. The van der Waals surface area contributed by atoms with Gasteiger partial charge in [-0.05, 0) is 33.8 Å². The standard InChI is InChI=1S/C21H22O5/c1-14-9-11-15(12-10-14)19(23)16-7-5-6-8-17(16)20(24)25-13-18(22)26-21(2,3)4/h5-12H,13H2,1-4H3. The molecule has 5 heteroatoms. The molecule has 0 aliphatic rings. The number of carbonyl (C=O) groups excluding carboxylic acids is 3. The Kier molecular flexibility index (Phi) is 5.93. The van der Waals surface area contributed by atoms with Crippen molar-refractivity contribution in [1.82, 2.24) is 0 Å². The molecule has 0 atom stereocenters. The second kappa shape index (κ2) is 7.95. The molecule has 0 spiro atoms. The number of esters is 2. The normalized spacial score (nSPS) is 10.9. The molecule has 0 N–H and O–H groups in total. The monoisotopic (exact) mass is 354 g/mol. The first kappa shape index (κ1) is 19.4. The van der Waals surface area contributed by atoms with Crippen LogP contribution in [0.5, 0.6) is 0 Å². The molecule has 26 heavy (non-hydrogen) atoms. The van der Waals surface area contributed by atoms with Crippen LogP contribution in [-0.2, 0) is 14.3 Å². The summed E-state index contributed by atoms with van der Waals surface area (Å²) in [6, 6.07) is 13.4. The Morgan fingerprint density at radius 2 is 1.46 bits per heavy atom. The lowest BCUT2D eigenvalue weighted by molar-refractivity contribution is -0.158. The van der Waals surface area contributed by atoms with Crippen molar-refractivity contribution in [3.05, 3.63) is 70.8 Å². The maximum atomic E-state index is 12.7. The Hall–Kier alpha value is -2.95. The van der Waals surface area contributed by atoms with Crippen molar-refractivity contribution in [3.8, 4) is 0 Å². The van der Waals surface area contributed by atoms with E-state index in [9.17, 15) is 14.4 Å². The average molecular weight is 354 g/mol. The Labute approximate surface area is 152 Å². The topological polar surface area (TPSA) is 69.7 Å². The van der Waals surface area contributed by atoms with Gasteiger partial charge in [-0.2, -0.15) is 0 Å². The average Bonchev–Trinajstić information content (AvgIpc) is 2.58. The van der Waals surface area contributed by atoms with Gasteiger partial charge >= 0.3 is 11.9 Å². The lowest BCUT2D eigenvalue weighted by Gasteiger charge is -2.19. The summed E-state index contributed by atoms with van der Waals surface area (Å²) in [5.74, 6) is -1.67. The van der Waals surface area contributed by atoms with E-state index in [-0.39, 0.29) is 16.9 Å². The third kappa shape index (κ3) is 5.28. The summed E-state index contributed by atoms with van der Waals surface area (Å²) in [5.41, 5.74) is 1.18. The van der Waals surface area contributed by atoms with E-state index in [0.29, 0.717) is 5.56 Å². The van der Waals surface area contributed by atoms with Gasteiger partial charge < -0.3 is 9.47 Å². The van der Waals surface area contributed by atoms with E-state index in [2.05, 4.69) is 0 Å². The largest absolute Gasteiger partial charge is 0.457 e. The number of hydrogen-bond donors (Lipinski definition) is 0. The summed E-state index contributed by atoms with van der Waals surface area (Å²) in [7, 11) is 0. The van der Waals surface area contributed by atoms with Crippen molar-refractivity contribution < 1.29 is 23.9 Å². The highest BCUT2D eigenvalue weighted by molar-refractivity contribution is 6.14. The molecule has 0 heterocycles. The molecule has 0 unspecified atom stereocenters. The van der Waals surface area contributed by atoms with Crippen LogP contribution < -0.4 is 0 Å². The number of ketones is 1. The zero-order valence-electron chi connectivity index (χ0n) is 15.4. The van der Waals surface area contributed by atoms with Crippen LogP contribution in [-0.4, -0.2) is 29.9 Å². The molecule has 2 aromatic rings. The summed E-state index contributed by atoms with van der Waals surface area (Å²) in [4.78, 5) is 36.8.